The van der Waals surface area contributed by atoms with Crippen LogP contribution in [0.3, 0.4) is 0 Å². The number of fused-ring (bicyclic) bond motifs is 1. The van der Waals surface area contributed by atoms with Crippen molar-refractivity contribution in [2.24, 2.45) is 0 Å². The van der Waals surface area contributed by atoms with Crippen molar-refractivity contribution in [2.45, 2.75) is 43.7 Å². The largest absolute Gasteiger partial charge is 0.487 e. The third kappa shape index (κ3) is 3.31. The first-order valence-corrected chi connectivity index (χ1v) is 8.21. The number of hydrogen-bond donors (Lipinski definition) is 2. The van der Waals surface area contributed by atoms with Crippen molar-refractivity contribution in [3.8, 4) is 5.75 Å². The Labute approximate surface area is 120 Å². The van der Waals surface area contributed by atoms with Crippen molar-refractivity contribution in [1.29, 1.82) is 0 Å². The van der Waals surface area contributed by atoms with Crippen LogP contribution in [0.1, 0.15) is 26.3 Å². The highest BCUT2D eigenvalue weighted by molar-refractivity contribution is 7.89. The number of sulfonamides is 1. The molecule has 0 radical (unpaired) electrons. The van der Waals surface area contributed by atoms with Crippen molar-refractivity contribution >= 4 is 10.0 Å². The molecular formula is C14H22N2O3S. The maximum atomic E-state index is 12.2. The molecular weight excluding hydrogens is 276 g/mol. The van der Waals surface area contributed by atoms with Gasteiger partial charge in [-0.2, -0.15) is 0 Å². The molecule has 1 unspecified atom stereocenters. The lowest BCUT2D eigenvalue weighted by Gasteiger charge is -2.16. The molecule has 0 bridgehead atoms. The molecule has 5 nitrogen and oxygen atoms in total. The maximum absolute atomic E-state index is 12.2. The summed E-state index contributed by atoms with van der Waals surface area (Å²) in [4.78, 5) is 0.292. The van der Waals surface area contributed by atoms with Gasteiger partial charge in [0.05, 0.1) is 4.90 Å². The average molecular weight is 298 g/mol. The molecule has 1 atom stereocenters. The van der Waals surface area contributed by atoms with Crippen LogP contribution in [0.4, 0.5) is 0 Å². The predicted molar refractivity (Wildman–Crippen MR) is 78.6 cm³/mol. The van der Waals surface area contributed by atoms with E-state index in [0.29, 0.717) is 11.4 Å². The van der Waals surface area contributed by atoms with Crippen LogP contribution in [0.5, 0.6) is 5.75 Å². The summed E-state index contributed by atoms with van der Waals surface area (Å²) in [6.45, 7) is 6.27. The zero-order chi connectivity index (χ0) is 15.0. The summed E-state index contributed by atoms with van der Waals surface area (Å²) < 4.78 is 32.8. The van der Waals surface area contributed by atoms with Gasteiger partial charge in [0, 0.05) is 19.0 Å². The molecule has 1 aliphatic heterocycles. The van der Waals surface area contributed by atoms with Gasteiger partial charge in [-0.15, -0.1) is 0 Å². The molecule has 1 aromatic rings. The molecule has 0 aliphatic carbocycles. The molecule has 1 aliphatic rings. The van der Waals surface area contributed by atoms with Gasteiger partial charge in [-0.25, -0.2) is 13.1 Å². The summed E-state index contributed by atoms with van der Waals surface area (Å²) in [6.07, 6.45) is 0.721. The van der Waals surface area contributed by atoms with E-state index in [0.717, 1.165) is 17.7 Å². The van der Waals surface area contributed by atoms with E-state index < -0.39 is 10.0 Å². The molecule has 20 heavy (non-hydrogen) atoms. The SMILES string of the molecule is CNC(C)CNS(=O)(=O)c1ccc2c(c1)CC(C)(C)O2. The Hall–Kier alpha value is -1.11. The van der Waals surface area contributed by atoms with Gasteiger partial charge >= 0.3 is 0 Å². The first kappa shape index (κ1) is 15.3. The Morgan fingerprint density at radius 1 is 1.40 bits per heavy atom. The fourth-order valence-corrected chi connectivity index (χ4v) is 3.35. The van der Waals surface area contributed by atoms with Gasteiger partial charge in [-0.3, -0.25) is 0 Å². The zero-order valence-electron chi connectivity index (χ0n) is 12.4. The minimum absolute atomic E-state index is 0.0847. The molecule has 0 amide bonds. The molecule has 0 spiro atoms. The third-order valence-electron chi connectivity index (χ3n) is 3.42. The lowest BCUT2D eigenvalue weighted by molar-refractivity contribution is 0.138. The predicted octanol–water partition coefficient (Wildman–Crippen LogP) is 1.29. The van der Waals surface area contributed by atoms with Gasteiger partial charge in [0.2, 0.25) is 10.0 Å². The van der Waals surface area contributed by atoms with Crippen LogP contribution in [0, 0.1) is 0 Å². The van der Waals surface area contributed by atoms with Crippen LogP contribution in [0.25, 0.3) is 0 Å². The summed E-state index contributed by atoms with van der Waals surface area (Å²) in [7, 11) is -1.67. The highest BCUT2D eigenvalue weighted by Crippen LogP contribution is 2.35. The standard InChI is InChI=1S/C14H22N2O3S/c1-10(15-4)9-16-20(17,18)12-5-6-13-11(7-12)8-14(2,3)19-13/h5-7,10,15-16H,8-9H2,1-4H3. The minimum Gasteiger partial charge on any atom is -0.487 e. The normalized spacial score (nSPS) is 18.4. The summed E-state index contributed by atoms with van der Waals surface area (Å²) in [6, 6.07) is 5.12. The van der Waals surface area contributed by atoms with E-state index in [2.05, 4.69) is 10.0 Å². The molecule has 0 aromatic heterocycles. The summed E-state index contributed by atoms with van der Waals surface area (Å²) in [5.74, 6) is 0.776. The number of benzene rings is 1. The zero-order valence-corrected chi connectivity index (χ0v) is 13.2. The number of ether oxygens (including phenoxy) is 1. The molecule has 6 heteroatoms. The fraction of sp³-hybridized carbons (Fsp3) is 0.571. The van der Waals surface area contributed by atoms with E-state index in [1.54, 1.807) is 25.2 Å². The van der Waals surface area contributed by atoms with Crippen molar-refractivity contribution in [3.63, 3.8) is 0 Å². The van der Waals surface area contributed by atoms with Gasteiger partial charge in [0.1, 0.15) is 11.4 Å². The topological polar surface area (TPSA) is 67.4 Å². The highest BCUT2D eigenvalue weighted by atomic mass is 32.2. The molecule has 112 valence electrons. The van der Waals surface area contributed by atoms with E-state index in [4.69, 9.17) is 4.74 Å². The second kappa shape index (κ2) is 5.35. The first-order valence-electron chi connectivity index (χ1n) is 6.72. The van der Waals surface area contributed by atoms with Crippen LogP contribution in [0.15, 0.2) is 23.1 Å². The monoisotopic (exact) mass is 298 g/mol. The molecule has 0 saturated carbocycles. The fourth-order valence-electron chi connectivity index (χ4n) is 2.17. The highest BCUT2D eigenvalue weighted by Gasteiger charge is 2.31. The Morgan fingerprint density at radius 2 is 2.10 bits per heavy atom. The smallest absolute Gasteiger partial charge is 0.240 e. The van der Waals surface area contributed by atoms with Crippen molar-refractivity contribution in [2.75, 3.05) is 13.6 Å². The Balaban J connectivity index is 2.18. The Bertz CT molecular complexity index is 596. The van der Waals surface area contributed by atoms with E-state index in [1.165, 1.54) is 0 Å². The number of hydrogen-bond acceptors (Lipinski definition) is 4. The maximum Gasteiger partial charge on any atom is 0.240 e. The Kier molecular flexibility index (Phi) is 4.09. The molecule has 0 fully saturated rings. The lowest BCUT2D eigenvalue weighted by atomic mass is 10.0. The van der Waals surface area contributed by atoms with Crippen LogP contribution in [-0.4, -0.2) is 33.7 Å². The number of nitrogens with one attached hydrogen (secondary N) is 2. The lowest BCUT2D eigenvalue weighted by Crippen LogP contribution is -2.37. The molecule has 0 saturated heterocycles. The van der Waals surface area contributed by atoms with Gasteiger partial charge in [0.15, 0.2) is 0 Å². The summed E-state index contributed by atoms with van der Waals surface area (Å²) in [5.41, 5.74) is 0.679. The van der Waals surface area contributed by atoms with E-state index >= 15 is 0 Å². The average Bonchev–Trinajstić information content (AvgIpc) is 2.68. The molecule has 2 rings (SSSR count). The van der Waals surface area contributed by atoms with Crippen molar-refractivity contribution in [3.05, 3.63) is 23.8 Å². The van der Waals surface area contributed by atoms with Crippen LogP contribution in [-0.2, 0) is 16.4 Å². The second-order valence-corrected chi connectivity index (χ2v) is 7.62. The van der Waals surface area contributed by atoms with E-state index in [-0.39, 0.29) is 11.6 Å². The van der Waals surface area contributed by atoms with Crippen LogP contribution in [0.2, 0.25) is 0 Å². The van der Waals surface area contributed by atoms with Gasteiger partial charge in [0.25, 0.3) is 0 Å². The number of likely N-dealkylation sites (N-methyl/N-ethyl adjacent to an activating group) is 1. The quantitative estimate of drug-likeness (QED) is 0.859. The van der Waals surface area contributed by atoms with Crippen LogP contribution >= 0.6 is 0 Å². The van der Waals surface area contributed by atoms with Crippen molar-refractivity contribution < 1.29 is 13.2 Å². The first-order chi connectivity index (χ1) is 9.23. The molecule has 1 aromatic carbocycles. The summed E-state index contributed by atoms with van der Waals surface area (Å²) >= 11 is 0. The number of rotatable bonds is 5. The van der Waals surface area contributed by atoms with E-state index in [1.807, 2.05) is 20.8 Å². The van der Waals surface area contributed by atoms with E-state index in [9.17, 15) is 8.42 Å². The third-order valence-corrected chi connectivity index (χ3v) is 4.84. The Morgan fingerprint density at radius 3 is 2.75 bits per heavy atom. The minimum atomic E-state index is -3.47. The van der Waals surface area contributed by atoms with Crippen LogP contribution < -0.4 is 14.8 Å². The van der Waals surface area contributed by atoms with Gasteiger partial charge in [-0.1, -0.05) is 0 Å². The summed E-state index contributed by atoms with van der Waals surface area (Å²) in [5, 5.41) is 2.99. The molecule has 1 heterocycles. The van der Waals surface area contributed by atoms with Crippen molar-refractivity contribution in [1.82, 2.24) is 10.0 Å². The molecule has 2 N–H and O–H groups in total. The van der Waals surface area contributed by atoms with Gasteiger partial charge < -0.3 is 10.1 Å². The second-order valence-electron chi connectivity index (χ2n) is 5.85. The van der Waals surface area contributed by atoms with Gasteiger partial charge in [-0.05, 0) is 51.6 Å².